The third-order valence-electron chi connectivity index (χ3n) is 2.99. The Bertz CT molecular complexity index is 331. The fourth-order valence-corrected chi connectivity index (χ4v) is 1.87. The summed E-state index contributed by atoms with van der Waals surface area (Å²) >= 11 is 0. The van der Waals surface area contributed by atoms with Crippen LogP contribution in [0.4, 0.5) is 4.39 Å². The molecule has 2 heteroatoms. The lowest BCUT2D eigenvalue weighted by Crippen LogP contribution is -2.13. The fourth-order valence-electron chi connectivity index (χ4n) is 1.87. The molecular formula is C12H16FN. The Morgan fingerprint density at radius 3 is 2.86 bits per heavy atom. The van der Waals surface area contributed by atoms with Crippen LogP contribution in [-0.2, 0) is 0 Å². The van der Waals surface area contributed by atoms with Gasteiger partial charge in [-0.1, -0.05) is 25.0 Å². The Morgan fingerprint density at radius 1 is 1.50 bits per heavy atom. The lowest BCUT2D eigenvalue weighted by atomic mass is 9.97. The first-order chi connectivity index (χ1) is 6.68. The van der Waals surface area contributed by atoms with Gasteiger partial charge in [-0.15, -0.1) is 0 Å². The molecule has 1 aliphatic rings. The van der Waals surface area contributed by atoms with Gasteiger partial charge in [0.1, 0.15) is 5.82 Å². The summed E-state index contributed by atoms with van der Waals surface area (Å²) in [6.07, 6.45) is 3.59. The molecule has 76 valence electrons. The minimum absolute atomic E-state index is 0.0122. The van der Waals surface area contributed by atoms with Crippen LogP contribution in [0.15, 0.2) is 18.2 Å². The van der Waals surface area contributed by atoms with Crippen LogP contribution in [0.3, 0.4) is 0 Å². The standard InChI is InChI=1S/C12H16FN/c1-8-10(3-2-4-11(8)13)12(14)7-9-5-6-9/h2-4,9,12H,5-7,14H2,1H3. The average molecular weight is 193 g/mol. The first-order valence-electron chi connectivity index (χ1n) is 5.19. The Kier molecular flexibility index (Phi) is 2.55. The summed E-state index contributed by atoms with van der Waals surface area (Å²) in [6, 6.07) is 5.18. The molecule has 1 unspecified atom stereocenters. The predicted octanol–water partition coefficient (Wildman–Crippen LogP) is 2.93. The molecule has 0 aromatic heterocycles. The smallest absolute Gasteiger partial charge is 0.126 e. The molecular weight excluding hydrogens is 177 g/mol. The Morgan fingerprint density at radius 2 is 2.21 bits per heavy atom. The molecule has 0 bridgehead atoms. The van der Waals surface area contributed by atoms with E-state index in [-0.39, 0.29) is 11.9 Å². The van der Waals surface area contributed by atoms with Crippen LogP contribution in [-0.4, -0.2) is 0 Å². The van der Waals surface area contributed by atoms with E-state index >= 15 is 0 Å². The minimum Gasteiger partial charge on any atom is -0.324 e. The Hall–Kier alpha value is -0.890. The van der Waals surface area contributed by atoms with E-state index in [1.165, 1.54) is 18.9 Å². The number of nitrogens with two attached hydrogens (primary N) is 1. The zero-order chi connectivity index (χ0) is 10.1. The molecule has 0 aliphatic heterocycles. The summed E-state index contributed by atoms with van der Waals surface area (Å²) < 4.78 is 13.2. The van der Waals surface area contributed by atoms with Crippen LogP contribution in [0.2, 0.25) is 0 Å². The third kappa shape index (κ3) is 1.95. The van der Waals surface area contributed by atoms with Crippen molar-refractivity contribution in [1.29, 1.82) is 0 Å². The molecule has 1 aromatic rings. The van der Waals surface area contributed by atoms with E-state index in [2.05, 4.69) is 0 Å². The van der Waals surface area contributed by atoms with Crippen LogP contribution >= 0.6 is 0 Å². The SMILES string of the molecule is Cc1c(F)cccc1C(N)CC1CC1. The summed E-state index contributed by atoms with van der Waals surface area (Å²) in [5, 5.41) is 0. The van der Waals surface area contributed by atoms with Crippen molar-refractivity contribution in [3.05, 3.63) is 35.1 Å². The topological polar surface area (TPSA) is 26.0 Å². The third-order valence-corrected chi connectivity index (χ3v) is 2.99. The molecule has 0 heterocycles. The number of rotatable bonds is 3. The Labute approximate surface area is 84.1 Å². The van der Waals surface area contributed by atoms with Crippen molar-refractivity contribution >= 4 is 0 Å². The highest BCUT2D eigenvalue weighted by atomic mass is 19.1. The highest BCUT2D eigenvalue weighted by molar-refractivity contribution is 5.30. The highest BCUT2D eigenvalue weighted by Gasteiger charge is 2.25. The lowest BCUT2D eigenvalue weighted by Gasteiger charge is -2.14. The van der Waals surface area contributed by atoms with Crippen molar-refractivity contribution in [1.82, 2.24) is 0 Å². The number of benzene rings is 1. The van der Waals surface area contributed by atoms with Gasteiger partial charge in [-0.25, -0.2) is 4.39 Å². The van der Waals surface area contributed by atoms with Crippen LogP contribution < -0.4 is 5.73 Å². The van der Waals surface area contributed by atoms with E-state index in [0.717, 1.165) is 17.9 Å². The summed E-state index contributed by atoms with van der Waals surface area (Å²) in [6.45, 7) is 1.80. The molecule has 2 N–H and O–H groups in total. The van der Waals surface area contributed by atoms with Gasteiger partial charge in [-0.05, 0) is 36.5 Å². The summed E-state index contributed by atoms with van der Waals surface area (Å²) in [5.74, 6) is 0.640. The van der Waals surface area contributed by atoms with E-state index < -0.39 is 0 Å². The van der Waals surface area contributed by atoms with Crippen LogP contribution in [0.5, 0.6) is 0 Å². The molecule has 2 rings (SSSR count). The summed E-state index contributed by atoms with van der Waals surface area (Å²) in [7, 11) is 0. The van der Waals surface area contributed by atoms with Crippen molar-refractivity contribution in [2.75, 3.05) is 0 Å². The maximum atomic E-state index is 13.2. The van der Waals surface area contributed by atoms with Gasteiger partial charge in [0.2, 0.25) is 0 Å². The zero-order valence-electron chi connectivity index (χ0n) is 8.46. The van der Waals surface area contributed by atoms with Gasteiger partial charge in [0.15, 0.2) is 0 Å². The van der Waals surface area contributed by atoms with Gasteiger partial charge in [0.25, 0.3) is 0 Å². The quantitative estimate of drug-likeness (QED) is 0.784. The second kappa shape index (κ2) is 3.70. The van der Waals surface area contributed by atoms with E-state index in [0.29, 0.717) is 5.56 Å². The average Bonchev–Trinajstić information content (AvgIpc) is 2.93. The molecule has 0 radical (unpaired) electrons. The van der Waals surface area contributed by atoms with Gasteiger partial charge >= 0.3 is 0 Å². The fraction of sp³-hybridized carbons (Fsp3) is 0.500. The zero-order valence-corrected chi connectivity index (χ0v) is 8.46. The monoisotopic (exact) mass is 193 g/mol. The van der Waals surface area contributed by atoms with Crippen molar-refractivity contribution < 1.29 is 4.39 Å². The molecule has 1 atom stereocenters. The van der Waals surface area contributed by atoms with Crippen LogP contribution in [0, 0.1) is 18.7 Å². The van der Waals surface area contributed by atoms with Crippen molar-refractivity contribution in [2.45, 2.75) is 32.2 Å². The Balaban J connectivity index is 2.16. The second-order valence-corrected chi connectivity index (χ2v) is 4.24. The minimum atomic E-state index is -0.145. The number of hydrogen-bond donors (Lipinski definition) is 1. The van der Waals surface area contributed by atoms with Gasteiger partial charge in [0, 0.05) is 6.04 Å². The second-order valence-electron chi connectivity index (χ2n) is 4.24. The molecule has 1 aromatic carbocycles. The summed E-state index contributed by atoms with van der Waals surface area (Å²) in [4.78, 5) is 0. The first-order valence-corrected chi connectivity index (χ1v) is 5.19. The maximum Gasteiger partial charge on any atom is 0.126 e. The molecule has 0 saturated heterocycles. The van der Waals surface area contributed by atoms with E-state index in [1.54, 1.807) is 13.0 Å². The molecule has 1 saturated carbocycles. The van der Waals surface area contributed by atoms with Crippen molar-refractivity contribution in [3.63, 3.8) is 0 Å². The van der Waals surface area contributed by atoms with Crippen LogP contribution in [0.1, 0.15) is 36.4 Å². The highest BCUT2D eigenvalue weighted by Crippen LogP contribution is 2.37. The largest absolute Gasteiger partial charge is 0.324 e. The number of halogens is 1. The molecule has 0 spiro atoms. The van der Waals surface area contributed by atoms with Crippen LogP contribution in [0.25, 0.3) is 0 Å². The van der Waals surface area contributed by atoms with Crippen molar-refractivity contribution in [2.24, 2.45) is 11.7 Å². The summed E-state index contributed by atoms with van der Waals surface area (Å²) in [5.41, 5.74) is 7.72. The van der Waals surface area contributed by atoms with Gasteiger partial charge < -0.3 is 5.73 Å². The lowest BCUT2D eigenvalue weighted by molar-refractivity contribution is 0.575. The van der Waals surface area contributed by atoms with Gasteiger partial charge in [-0.2, -0.15) is 0 Å². The first kappa shape index (κ1) is 9.66. The number of hydrogen-bond acceptors (Lipinski definition) is 1. The van der Waals surface area contributed by atoms with E-state index in [4.69, 9.17) is 5.73 Å². The molecule has 0 amide bonds. The van der Waals surface area contributed by atoms with Gasteiger partial charge in [0.05, 0.1) is 0 Å². The normalized spacial score (nSPS) is 18.2. The van der Waals surface area contributed by atoms with E-state index in [1.807, 2.05) is 6.07 Å². The van der Waals surface area contributed by atoms with E-state index in [9.17, 15) is 4.39 Å². The molecule has 1 aliphatic carbocycles. The molecule has 1 fully saturated rings. The molecule has 1 nitrogen and oxygen atoms in total. The molecule has 14 heavy (non-hydrogen) atoms. The van der Waals surface area contributed by atoms with Gasteiger partial charge in [-0.3, -0.25) is 0 Å². The predicted molar refractivity (Wildman–Crippen MR) is 55.4 cm³/mol. The maximum absolute atomic E-state index is 13.2. The van der Waals surface area contributed by atoms with Crippen molar-refractivity contribution in [3.8, 4) is 0 Å².